The molecule has 0 aromatic carbocycles. The summed E-state index contributed by atoms with van der Waals surface area (Å²) in [7, 11) is -4.03. The Morgan fingerprint density at radius 3 is 1.76 bits per heavy atom. The van der Waals surface area contributed by atoms with E-state index in [9.17, 15) is 18.1 Å². The third-order valence-corrected chi connectivity index (χ3v) is 4.36. The monoisotopic (exact) mass is 330 g/mol. The van der Waals surface area contributed by atoms with Gasteiger partial charge in [0.25, 0.3) is 0 Å². The van der Waals surface area contributed by atoms with Crippen LogP contribution < -0.4 is 29.6 Å². The molecule has 0 aromatic rings. The van der Waals surface area contributed by atoms with Gasteiger partial charge in [-0.25, -0.2) is 8.42 Å². The van der Waals surface area contributed by atoms with Crippen molar-refractivity contribution in [3.63, 3.8) is 0 Å². The van der Waals surface area contributed by atoms with E-state index in [-0.39, 0.29) is 41.4 Å². The van der Waals surface area contributed by atoms with Gasteiger partial charge in [0.05, 0.1) is 16.2 Å². The van der Waals surface area contributed by atoms with Crippen LogP contribution in [-0.4, -0.2) is 29.9 Å². The molecule has 6 heteroatoms. The maximum absolute atomic E-state index is 10.4. The zero-order valence-corrected chi connectivity index (χ0v) is 16.7. The second-order valence-electron chi connectivity index (χ2n) is 5.67. The van der Waals surface area contributed by atoms with Crippen LogP contribution in [-0.2, 0) is 10.1 Å². The quantitative estimate of drug-likeness (QED) is 0.287. The standard InChI is InChI=1S/C15H32O4S.Na/c1-2-3-4-9-12-15(16)13-10-7-5-6-8-11-14-20(17,18)19;/h15-16H,2-14H2,1H3,(H,17,18,19);/q;+1/p-1. The number of rotatable bonds is 14. The molecule has 0 aliphatic rings. The Bertz CT molecular complexity index is 307. The molecule has 0 fully saturated rings. The van der Waals surface area contributed by atoms with Crippen LogP contribution in [0.25, 0.3) is 0 Å². The molecule has 0 spiro atoms. The average Bonchev–Trinajstić information content (AvgIpc) is 2.36. The molecular formula is C15H31NaO4S. The van der Waals surface area contributed by atoms with E-state index < -0.39 is 10.1 Å². The third kappa shape index (κ3) is 20.9. The number of aliphatic hydroxyl groups excluding tert-OH is 1. The molecule has 0 bridgehead atoms. The summed E-state index contributed by atoms with van der Waals surface area (Å²) in [6, 6.07) is 0. The van der Waals surface area contributed by atoms with Gasteiger partial charge in [0, 0.05) is 5.75 Å². The molecular weight excluding hydrogens is 299 g/mol. The summed E-state index contributed by atoms with van der Waals surface area (Å²) in [6.45, 7) is 2.18. The van der Waals surface area contributed by atoms with Gasteiger partial charge in [0.15, 0.2) is 0 Å². The van der Waals surface area contributed by atoms with E-state index in [4.69, 9.17) is 0 Å². The fraction of sp³-hybridized carbons (Fsp3) is 1.00. The molecule has 0 aliphatic carbocycles. The van der Waals surface area contributed by atoms with Gasteiger partial charge in [0.2, 0.25) is 0 Å². The Morgan fingerprint density at radius 1 is 0.857 bits per heavy atom. The number of unbranched alkanes of at least 4 members (excludes halogenated alkanes) is 8. The summed E-state index contributed by atoms with van der Waals surface area (Å²) in [4.78, 5) is 0. The van der Waals surface area contributed by atoms with Crippen molar-refractivity contribution in [3.8, 4) is 0 Å². The molecule has 0 aromatic heterocycles. The smallest absolute Gasteiger partial charge is 0.748 e. The minimum atomic E-state index is -4.03. The molecule has 0 rings (SSSR count). The van der Waals surface area contributed by atoms with Crippen molar-refractivity contribution in [2.24, 2.45) is 0 Å². The van der Waals surface area contributed by atoms with Gasteiger partial charge in [-0.2, -0.15) is 0 Å². The van der Waals surface area contributed by atoms with E-state index in [2.05, 4.69) is 6.92 Å². The summed E-state index contributed by atoms with van der Waals surface area (Å²) in [5.41, 5.74) is 0. The van der Waals surface area contributed by atoms with Gasteiger partial charge in [0.1, 0.15) is 0 Å². The molecule has 21 heavy (non-hydrogen) atoms. The van der Waals surface area contributed by atoms with Crippen LogP contribution in [0.2, 0.25) is 0 Å². The van der Waals surface area contributed by atoms with Crippen molar-refractivity contribution in [1.29, 1.82) is 0 Å². The van der Waals surface area contributed by atoms with E-state index in [0.29, 0.717) is 6.42 Å². The minimum Gasteiger partial charge on any atom is -0.748 e. The number of hydrogen-bond donors (Lipinski definition) is 1. The summed E-state index contributed by atoms with van der Waals surface area (Å²) < 4.78 is 31.2. The van der Waals surface area contributed by atoms with Crippen molar-refractivity contribution in [2.45, 2.75) is 90.1 Å². The molecule has 0 saturated carbocycles. The number of hydrogen-bond acceptors (Lipinski definition) is 4. The van der Waals surface area contributed by atoms with Crippen LogP contribution in [0.4, 0.5) is 0 Å². The molecule has 1 unspecified atom stereocenters. The van der Waals surface area contributed by atoms with Gasteiger partial charge >= 0.3 is 29.6 Å². The van der Waals surface area contributed by atoms with E-state index in [1.807, 2.05) is 0 Å². The molecule has 0 amide bonds. The predicted molar refractivity (Wildman–Crippen MR) is 81.6 cm³/mol. The summed E-state index contributed by atoms with van der Waals surface area (Å²) >= 11 is 0. The zero-order chi connectivity index (χ0) is 15.3. The van der Waals surface area contributed by atoms with Crippen LogP contribution in [0.5, 0.6) is 0 Å². The SMILES string of the molecule is CCCCCCC(O)CCCCCCCCS(=O)(=O)[O-].[Na+]. The molecule has 0 heterocycles. The average molecular weight is 330 g/mol. The Balaban J connectivity index is 0. The van der Waals surface area contributed by atoms with E-state index in [1.165, 1.54) is 19.3 Å². The van der Waals surface area contributed by atoms with Crippen molar-refractivity contribution in [1.82, 2.24) is 0 Å². The fourth-order valence-corrected chi connectivity index (χ4v) is 2.87. The van der Waals surface area contributed by atoms with E-state index in [1.54, 1.807) is 0 Å². The van der Waals surface area contributed by atoms with Gasteiger partial charge in [-0.05, 0) is 19.3 Å². The molecule has 0 saturated heterocycles. The van der Waals surface area contributed by atoms with Crippen molar-refractivity contribution >= 4 is 10.1 Å². The van der Waals surface area contributed by atoms with Crippen LogP contribution >= 0.6 is 0 Å². The first-order valence-corrected chi connectivity index (χ1v) is 9.65. The summed E-state index contributed by atoms with van der Waals surface area (Å²) in [5, 5.41) is 9.78. The molecule has 0 aliphatic heterocycles. The molecule has 4 nitrogen and oxygen atoms in total. The number of aliphatic hydroxyl groups is 1. The third-order valence-electron chi connectivity index (χ3n) is 3.57. The second kappa shape index (κ2) is 15.8. The summed E-state index contributed by atoms with van der Waals surface area (Å²) in [6.07, 6.45) is 11.9. The van der Waals surface area contributed by atoms with Crippen LogP contribution in [0.15, 0.2) is 0 Å². The predicted octanol–water partition coefficient (Wildman–Crippen LogP) is 0.598. The van der Waals surface area contributed by atoms with Gasteiger partial charge in [-0.3, -0.25) is 0 Å². The van der Waals surface area contributed by atoms with Gasteiger partial charge in [-0.1, -0.05) is 64.7 Å². The van der Waals surface area contributed by atoms with Crippen LogP contribution in [0.3, 0.4) is 0 Å². The summed E-state index contributed by atoms with van der Waals surface area (Å²) in [5.74, 6) is -0.233. The maximum Gasteiger partial charge on any atom is 1.00 e. The second-order valence-corrected chi connectivity index (χ2v) is 7.20. The molecule has 0 radical (unpaired) electrons. The van der Waals surface area contributed by atoms with Gasteiger partial charge < -0.3 is 9.66 Å². The van der Waals surface area contributed by atoms with Gasteiger partial charge in [-0.15, -0.1) is 0 Å². The normalized spacial score (nSPS) is 12.9. The van der Waals surface area contributed by atoms with Crippen molar-refractivity contribution < 1.29 is 47.6 Å². The topological polar surface area (TPSA) is 77.4 Å². The maximum atomic E-state index is 10.4. The molecule has 1 N–H and O–H groups in total. The first-order valence-electron chi connectivity index (χ1n) is 8.07. The minimum absolute atomic E-state index is 0. The molecule has 1 atom stereocenters. The van der Waals surface area contributed by atoms with Crippen LogP contribution in [0.1, 0.15) is 84.0 Å². The van der Waals surface area contributed by atoms with Crippen molar-refractivity contribution in [2.75, 3.05) is 5.75 Å². The van der Waals surface area contributed by atoms with Crippen molar-refractivity contribution in [3.05, 3.63) is 0 Å². The Hall–Kier alpha value is 0.870. The Kier molecular flexibility index (Phi) is 18.1. The first kappa shape index (κ1) is 24.1. The van der Waals surface area contributed by atoms with Crippen LogP contribution in [0, 0.1) is 0 Å². The first-order chi connectivity index (χ1) is 9.45. The Morgan fingerprint density at radius 2 is 1.29 bits per heavy atom. The zero-order valence-electron chi connectivity index (χ0n) is 13.8. The fourth-order valence-electron chi connectivity index (χ4n) is 2.32. The largest absolute Gasteiger partial charge is 1.00 e. The molecule has 122 valence electrons. The Labute approximate surface area is 153 Å². The van der Waals surface area contributed by atoms with E-state index in [0.717, 1.165) is 51.4 Å². The van der Waals surface area contributed by atoms with E-state index >= 15 is 0 Å².